The van der Waals surface area contributed by atoms with Crippen molar-refractivity contribution in [3.63, 3.8) is 0 Å². The number of rotatable bonds is 0. The van der Waals surface area contributed by atoms with Crippen LogP contribution in [-0.4, -0.2) is 22.4 Å². The zero-order valence-electron chi connectivity index (χ0n) is 8.50. The molecule has 112 valence electrons. The molecule has 0 aliphatic heterocycles. The minimum atomic E-state index is -2.17. The molecule has 0 spiro atoms. The van der Waals surface area contributed by atoms with Crippen molar-refractivity contribution >= 4 is 7.32 Å². The van der Waals surface area contributed by atoms with Crippen molar-refractivity contribution in [1.82, 2.24) is 43.1 Å². The van der Waals surface area contributed by atoms with Crippen LogP contribution in [0.3, 0.4) is 0 Å². The van der Waals surface area contributed by atoms with E-state index in [1.165, 1.54) is 0 Å². The van der Waals surface area contributed by atoms with E-state index in [-0.39, 0.29) is 61.9 Å². The van der Waals surface area contributed by atoms with Crippen LogP contribution in [0.25, 0.3) is 0 Å². The first-order chi connectivity index (χ1) is 1.73. The standard InChI is InChI=1S/BH3O3.4FH.7H3N/c2-1(3)4;;;;;;;;;;;/h2-4H;4*1H;7*1H3. The first-order valence-corrected chi connectivity index (χ1v) is 0.775. The van der Waals surface area contributed by atoms with Gasteiger partial charge in [-0.15, -0.1) is 0 Å². The highest BCUT2D eigenvalue weighted by molar-refractivity contribution is 6.30. The maximum absolute atomic E-state index is 7.17. The smallest absolute Gasteiger partial charge is 0.402 e. The topological polar surface area (TPSA) is 306 Å². The Morgan fingerprint density at radius 1 is 0.400 bits per heavy atom. The van der Waals surface area contributed by atoms with Crippen LogP contribution in [0.2, 0.25) is 0 Å². The first kappa shape index (κ1) is 453. The van der Waals surface area contributed by atoms with Crippen molar-refractivity contribution in [1.29, 1.82) is 0 Å². The molecule has 0 amide bonds. The summed E-state index contributed by atoms with van der Waals surface area (Å²) >= 11 is 0. The van der Waals surface area contributed by atoms with Crippen molar-refractivity contribution in [2.45, 2.75) is 0 Å². The monoisotopic (exact) mass is 261 g/mol. The predicted molar refractivity (Wildman–Crippen MR) is 57.6 cm³/mol. The van der Waals surface area contributed by atoms with Crippen molar-refractivity contribution in [3.05, 3.63) is 0 Å². The lowest BCUT2D eigenvalue weighted by Gasteiger charge is -1.69. The van der Waals surface area contributed by atoms with E-state index in [2.05, 4.69) is 0 Å². The van der Waals surface area contributed by atoms with Crippen LogP contribution in [-0.2, 0) is 0 Å². The van der Waals surface area contributed by atoms with Gasteiger partial charge in [-0.3, -0.25) is 18.8 Å². The molecule has 15 heavy (non-hydrogen) atoms. The lowest BCUT2D eigenvalue weighted by molar-refractivity contribution is 0.278. The van der Waals surface area contributed by atoms with Gasteiger partial charge in [0.15, 0.2) is 0 Å². The number of hydrogen-bond donors (Lipinski definition) is 10. The molecular formula is H28BF4N7O3. The van der Waals surface area contributed by atoms with E-state index in [0.717, 1.165) is 0 Å². The molecular weight excluding hydrogens is 233 g/mol. The fraction of sp³-hybridized carbons (Fsp3) is 0. The lowest BCUT2D eigenvalue weighted by Crippen LogP contribution is -2.07. The maximum atomic E-state index is 7.17. The molecule has 0 aromatic carbocycles. The molecule has 0 fully saturated rings. The Bertz CT molecular complexity index is 31.0. The van der Waals surface area contributed by atoms with E-state index in [1.54, 1.807) is 0 Å². The van der Waals surface area contributed by atoms with Crippen molar-refractivity contribution in [2.24, 2.45) is 0 Å². The average Bonchev–Trinajstić information content (AvgIpc) is 0.811. The normalized spacial score (nSPS) is 1.80. The van der Waals surface area contributed by atoms with E-state index in [1.807, 2.05) is 0 Å². The van der Waals surface area contributed by atoms with E-state index in [4.69, 9.17) is 15.1 Å². The molecule has 0 radical (unpaired) electrons. The second-order valence-electron chi connectivity index (χ2n) is 0.346. The van der Waals surface area contributed by atoms with Gasteiger partial charge in [-0.05, 0) is 0 Å². The Labute approximate surface area is 85.5 Å². The minimum Gasteiger partial charge on any atom is -0.402 e. The molecule has 0 rings (SSSR count). The molecule has 0 unspecified atom stereocenters. The van der Waals surface area contributed by atoms with Gasteiger partial charge in [-0.2, -0.15) is 0 Å². The Morgan fingerprint density at radius 3 is 0.400 bits per heavy atom. The van der Waals surface area contributed by atoms with Crippen molar-refractivity contribution in [2.75, 3.05) is 0 Å². The minimum absolute atomic E-state index is 0. The molecule has 0 bridgehead atoms. The van der Waals surface area contributed by atoms with Crippen LogP contribution in [0.4, 0.5) is 18.8 Å². The Morgan fingerprint density at radius 2 is 0.400 bits per heavy atom. The van der Waals surface area contributed by atoms with Gasteiger partial charge in [0.25, 0.3) is 0 Å². The first-order valence-electron chi connectivity index (χ1n) is 0.775. The number of halogens is 4. The third kappa shape index (κ3) is 4590. The molecule has 0 atom stereocenters. The van der Waals surface area contributed by atoms with Crippen LogP contribution in [0.1, 0.15) is 0 Å². The summed E-state index contributed by atoms with van der Waals surface area (Å²) in [6.07, 6.45) is 0. The van der Waals surface area contributed by atoms with E-state index in [9.17, 15) is 0 Å². The summed E-state index contributed by atoms with van der Waals surface area (Å²) < 4.78 is 0. The molecule has 0 saturated carbocycles. The third-order valence-corrected chi connectivity index (χ3v) is 0. The van der Waals surface area contributed by atoms with E-state index in [0.29, 0.717) is 0 Å². The Hall–Kier alpha value is -0.615. The lowest BCUT2D eigenvalue weighted by atomic mass is 10.3. The Kier molecular flexibility index (Phi) is 10900. The maximum Gasteiger partial charge on any atom is 0.631 e. The molecule has 10 nitrogen and oxygen atoms in total. The second-order valence-corrected chi connectivity index (χ2v) is 0.346. The molecule has 0 aliphatic carbocycles. The van der Waals surface area contributed by atoms with Gasteiger partial charge in [0.2, 0.25) is 0 Å². The third-order valence-electron chi connectivity index (χ3n) is 0. The molecule has 0 aromatic heterocycles. The van der Waals surface area contributed by atoms with Crippen LogP contribution in [0.15, 0.2) is 0 Å². The molecule has 0 aromatic rings. The van der Waals surface area contributed by atoms with Gasteiger partial charge in [-0.1, -0.05) is 0 Å². The number of hydrogen-bond acceptors (Lipinski definition) is 10. The summed E-state index contributed by atoms with van der Waals surface area (Å²) in [5.74, 6) is 0. The summed E-state index contributed by atoms with van der Waals surface area (Å²) in [7, 11) is -2.17. The highest BCUT2D eigenvalue weighted by Gasteiger charge is 1.92. The summed E-state index contributed by atoms with van der Waals surface area (Å²) in [6, 6.07) is 0. The van der Waals surface area contributed by atoms with Crippen LogP contribution in [0.5, 0.6) is 0 Å². The van der Waals surface area contributed by atoms with Gasteiger partial charge in [0.1, 0.15) is 0 Å². The Balaban J connectivity index is -0.000000000818. The molecule has 15 heteroatoms. The molecule has 0 saturated heterocycles. The zero-order chi connectivity index (χ0) is 3.58. The largest absolute Gasteiger partial charge is 0.631 e. The van der Waals surface area contributed by atoms with Crippen LogP contribution >= 0.6 is 0 Å². The van der Waals surface area contributed by atoms with Crippen molar-refractivity contribution in [3.8, 4) is 0 Å². The summed E-state index contributed by atoms with van der Waals surface area (Å²) in [5.41, 5.74) is 0. The fourth-order valence-electron chi connectivity index (χ4n) is 0. The van der Waals surface area contributed by atoms with Gasteiger partial charge in [0.05, 0.1) is 0 Å². The molecule has 0 heterocycles. The zero-order valence-corrected chi connectivity index (χ0v) is 8.50. The van der Waals surface area contributed by atoms with Crippen LogP contribution < -0.4 is 43.1 Å². The van der Waals surface area contributed by atoms with E-state index >= 15 is 0 Å². The van der Waals surface area contributed by atoms with Crippen LogP contribution in [0, 0.1) is 0 Å². The van der Waals surface area contributed by atoms with Gasteiger partial charge in [-0.25, -0.2) is 0 Å². The highest BCUT2D eigenvalue weighted by atomic mass is 19.0. The molecule has 24 N–H and O–H groups in total. The van der Waals surface area contributed by atoms with Gasteiger partial charge >= 0.3 is 7.32 Å². The van der Waals surface area contributed by atoms with Gasteiger partial charge < -0.3 is 58.1 Å². The van der Waals surface area contributed by atoms with Gasteiger partial charge in [0, 0.05) is 0 Å². The summed E-state index contributed by atoms with van der Waals surface area (Å²) in [5, 5.41) is 21.5. The summed E-state index contributed by atoms with van der Waals surface area (Å²) in [4.78, 5) is 0. The highest BCUT2D eigenvalue weighted by Crippen LogP contribution is 1.40. The quantitative estimate of drug-likeness (QED) is 0.200. The fourth-order valence-corrected chi connectivity index (χ4v) is 0. The average molecular weight is 261 g/mol. The second kappa shape index (κ2) is 361. The van der Waals surface area contributed by atoms with Crippen molar-refractivity contribution < 1.29 is 33.9 Å². The van der Waals surface area contributed by atoms with E-state index < -0.39 is 7.32 Å². The predicted octanol–water partition coefficient (Wildman–Crippen LogP) is -0.308. The summed E-state index contributed by atoms with van der Waals surface area (Å²) in [6.45, 7) is 0. The molecule has 0 aliphatic rings. The SMILES string of the molecule is F.F.F.F.N.N.N.N.N.N.N.OB(O)O.